The van der Waals surface area contributed by atoms with Crippen LogP contribution < -0.4 is 24.5 Å². The molecule has 0 amide bonds. The van der Waals surface area contributed by atoms with Crippen LogP contribution in [0.4, 0.5) is 10.1 Å². The molecule has 3 aromatic rings. The minimum Gasteiger partial charge on any atom is -0.494 e. The van der Waals surface area contributed by atoms with Crippen molar-refractivity contribution in [2.75, 3.05) is 19.1 Å². The number of para-hydroxylation sites is 1. The molecule has 3 heterocycles. The molecule has 2 atom stereocenters. The van der Waals surface area contributed by atoms with Gasteiger partial charge in [-0.1, -0.05) is 6.07 Å². The van der Waals surface area contributed by atoms with Crippen LogP contribution in [0.5, 0.6) is 11.5 Å². The monoisotopic (exact) mass is 503 g/mol. The first kappa shape index (κ1) is 24.4. The van der Waals surface area contributed by atoms with Crippen LogP contribution in [-0.2, 0) is 23.5 Å². The van der Waals surface area contributed by atoms with E-state index in [1.807, 2.05) is 30.1 Å². The molecule has 1 unspecified atom stereocenters. The van der Waals surface area contributed by atoms with Crippen LogP contribution in [0.15, 0.2) is 54.2 Å². The van der Waals surface area contributed by atoms with Gasteiger partial charge in [0.25, 0.3) is 0 Å². The number of benzene rings is 1. The van der Waals surface area contributed by atoms with E-state index >= 15 is 0 Å². The molecule has 0 aliphatic carbocycles. The Bertz CT molecular complexity index is 1310. The van der Waals surface area contributed by atoms with Gasteiger partial charge >= 0.3 is 0 Å². The van der Waals surface area contributed by atoms with Crippen molar-refractivity contribution < 1.29 is 22.3 Å². The van der Waals surface area contributed by atoms with Gasteiger partial charge in [0.1, 0.15) is 23.0 Å². The predicted molar refractivity (Wildman–Crippen MR) is 128 cm³/mol. The Morgan fingerprint density at radius 3 is 2.40 bits per heavy atom. The number of rotatable bonds is 9. The van der Waals surface area contributed by atoms with E-state index in [9.17, 15) is 12.8 Å². The molecule has 0 saturated carbocycles. The van der Waals surface area contributed by atoms with E-state index in [0.29, 0.717) is 23.0 Å². The van der Waals surface area contributed by atoms with Crippen molar-refractivity contribution >= 4 is 21.5 Å². The van der Waals surface area contributed by atoms with E-state index in [-0.39, 0.29) is 12.2 Å². The van der Waals surface area contributed by atoms with E-state index in [1.54, 1.807) is 23.1 Å². The Labute approximate surface area is 202 Å². The number of methoxy groups -OCH3 is 2. The molecule has 0 saturated heterocycles. The van der Waals surface area contributed by atoms with Gasteiger partial charge in [-0.25, -0.2) is 22.8 Å². The van der Waals surface area contributed by atoms with Gasteiger partial charge in [-0.2, -0.15) is 9.82 Å². The standard InChI is InChI=1S/C22H26FN7O4S/c1-14(10-19-24-11-16(23)12-25-19)35(31,32)28-22-27-26-21(15-8-9-29(2)13-15)30(22)20-17(33-3)6-5-7-18(20)34-4/h5-9,11-14,22,27-28H,10H2,1-4H3/t14-,22?/m1/s1. The second-order valence-corrected chi connectivity index (χ2v) is 10.0. The maximum atomic E-state index is 13.3. The number of sulfonamides is 1. The Hall–Kier alpha value is -3.71. The van der Waals surface area contributed by atoms with Crippen LogP contribution >= 0.6 is 0 Å². The van der Waals surface area contributed by atoms with Crippen LogP contribution in [0.1, 0.15) is 18.3 Å². The molecule has 0 radical (unpaired) electrons. The lowest BCUT2D eigenvalue weighted by atomic mass is 10.2. The zero-order chi connectivity index (χ0) is 25.2. The minimum absolute atomic E-state index is 0.00723. The highest BCUT2D eigenvalue weighted by Crippen LogP contribution is 2.40. The number of hydrogen-bond donors (Lipinski definition) is 2. The van der Waals surface area contributed by atoms with Gasteiger partial charge in [0.05, 0.1) is 31.9 Å². The maximum absolute atomic E-state index is 13.3. The van der Waals surface area contributed by atoms with Gasteiger partial charge in [-0.05, 0) is 25.1 Å². The Morgan fingerprint density at radius 1 is 1.17 bits per heavy atom. The summed E-state index contributed by atoms with van der Waals surface area (Å²) in [6.45, 7) is 1.52. The summed E-state index contributed by atoms with van der Waals surface area (Å²) in [5.41, 5.74) is 4.12. The van der Waals surface area contributed by atoms with Crippen molar-refractivity contribution in [1.29, 1.82) is 0 Å². The molecule has 35 heavy (non-hydrogen) atoms. The number of aryl methyl sites for hydroxylation is 1. The number of nitrogens with zero attached hydrogens (tertiary/aromatic N) is 5. The highest BCUT2D eigenvalue weighted by molar-refractivity contribution is 7.90. The molecule has 1 aliphatic heterocycles. The van der Waals surface area contributed by atoms with Crippen molar-refractivity contribution in [2.45, 2.75) is 24.9 Å². The third-order valence-electron chi connectivity index (χ3n) is 5.46. The molecule has 2 N–H and O–H groups in total. The second kappa shape index (κ2) is 9.88. The molecule has 4 rings (SSSR count). The van der Waals surface area contributed by atoms with Crippen molar-refractivity contribution in [3.8, 4) is 11.5 Å². The average molecular weight is 504 g/mol. The third-order valence-corrected chi connectivity index (χ3v) is 7.24. The van der Waals surface area contributed by atoms with Crippen LogP contribution in [0, 0.1) is 5.82 Å². The number of halogens is 1. The van der Waals surface area contributed by atoms with Gasteiger partial charge < -0.3 is 14.0 Å². The van der Waals surface area contributed by atoms with Crippen LogP contribution in [0.3, 0.4) is 0 Å². The minimum atomic E-state index is -3.92. The molecule has 13 heteroatoms. The summed E-state index contributed by atoms with van der Waals surface area (Å²) in [6, 6.07) is 7.13. The predicted octanol–water partition coefficient (Wildman–Crippen LogP) is 1.58. The molecular formula is C22H26FN7O4S. The van der Waals surface area contributed by atoms with Gasteiger partial charge in [0.15, 0.2) is 17.9 Å². The quantitative estimate of drug-likeness (QED) is 0.451. The van der Waals surface area contributed by atoms with Crippen molar-refractivity contribution in [3.05, 3.63) is 66.3 Å². The molecule has 1 aliphatic rings. The van der Waals surface area contributed by atoms with Gasteiger partial charge in [-0.3, -0.25) is 10.3 Å². The SMILES string of the molecule is COc1cccc(OC)c1N1C(c2ccn(C)c2)=NNC1NS(=O)(=O)[C@H](C)Cc1ncc(F)cn1. The van der Waals surface area contributed by atoms with Crippen molar-refractivity contribution in [2.24, 2.45) is 12.1 Å². The van der Waals surface area contributed by atoms with E-state index in [0.717, 1.165) is 18.0 Å². The lowest BCUT2D eigenvalue weighted by molar-refractivity contribution is 0.392. The number of amidine groups is 1. The normalized spacial score (nSPS) is 16.5. The topological polar surface area (TPSA) is 123 Å². The van der Waals surface area contributed by atoms with E-state index < -0.39 is 27.4 Å². The lowest BCUT2D eigenvalue weighted by Crippen LogP contribution is -2.54. The number of hydrazone groups is 1. The fourth-order valence-corrected chi connectivity index (χ4v) is 4.73. The highest BCUT2D eigenvalue weighted by atomic mass is 32.2. The molecule has 0 spiro atoms. The number of anilines is 1. The fourth-order valence-electron chi connectivity index (χ4n) is 3.66. The number of ether oxygens (including phenoxy) is 2. The first-order valence-corrected chi connectivity index (χ1v) is 12.2. The fraction of sp³-hybridized carbons (Fsp3) is 0.318. The molecule has 0 fully saturated rings. The first-order chi connectivity index (χ1) is 16.7. The second-order valence-electron chi connectivity index (χ2n) is 7.91. The number of hydrogen-bond acceptors (Lipinski definition) is 9. The van der Waals surface area contributed by atoms with Gasteiger partial charge in [0, 0.05) is 31.4 Å². The summed E-state index contributed by atoms with van der Waals surface area (Å²) in [6.07, 6.45) is 4.73. The summed E-state index contributed by atoms with van der Waals surface area (Å²) in [4.78, 5) is 9.40. The summed E-state index contributed by atoms with van der Waals surface area (Å²) < 4.78 is 55.3. The summed E-state index contributed by atoms with van der Waals surface area (Å²) in [5.74, 6) is 1.02. The Balaban J connectivity index is 1.68. The van der Waals surface area contributed by atoms with E-state index in [4.69, 9.17) is 9.47 Å². The van der Waals surface area contributed by atoms with Crippen molar-refractivity contribution in [1.82, 2.24) is 24.7 Å². The van der Waals surface area contributed by atoms with E-state index in [2.05, 4.69) is 25.2 Å². The molecule has 2 aromatic heterocycles. The molecule has 0 bridgehead atoms. The smallest absolute Gasteiger partial charge is 0.217 e. The average Bonchev–Trinajstić information content (AvgIpc) is 3.45. The maximum Gasteiger partial charge on any atom is 0.217 e. The Morgan fingerprint density at radius 2 is 1.83 bits per heavy atom. The number of nitrogens with one attached hydrogen (secondary N) is 2. The van der Waals surface area contributed by atoms with Crippen LogP contribution in [0.2, 0.25) is 0 Å². The van der Waals surface area contributed by atoms with E-state index in [1.165, 1.54) is 21.1 Å². The van der Waals surface area contributed by atoms with Crippen LogP contribution in [0.25, 0.3) is 0 Å². The van der Waals surface area contributed by atoms with Crippen molar-refractivity contribution in [3.63, 3.8) is 0 Å². The summed E-state index contributed by atoms with van der Waals surface area (Å²) in [5, 5.41) is 3.50. The van der Waals surface area contributed by atoms with Gasteiger partial charge in [0.2, 0.25) is 10.0 Å². The van der Waals surface area contributed by atoms with Crippen LogP contribution in [-0.4, -0.2) is 54.5 Å². The zero-order valence-corrected chi connectivity index (χ0v) is 20.5. The first-order valence-electron chi connectivity index (χ1n) is 10.7. The highest BCUT2D eigenvalue weighted by Gasteiger charge is 2.38. The lowest BCUT2D eigenvalue weighted by Gasteiger charge is -2.30. The molecule has 186 valence electrons. The van der Waals surface area contributed by atoms with Gasteiger partial charge in [-0.15, -0.1) is 0 Å². The Kier molecular flexibility index (Phi) is 6.89. The molecule has 11 nitrogen and oxygen atoms in total. The summed E-state index contributed by atoms with van der Waals surface area (Å²) >= 11 is 0. The summed E-state index contributed by atoms with van der Waals surface area (Å²) in [7, 11) is 0.992. The zero-order valence-electron chi connectivity index (χ0n) is 19.6. The third kappa shape index (κ3) is 5.05. The molecule has 1 aromatic carbocycles. The largest absolute Gasteiger partial charge is 0.494 e. The number of aromatic nitrogens is 3. The molecular weight excluding hydrogens is 477 g/mol.